The molecule has 0 amide bonds. The Morgan fingerprint density at radius 1 is 1.43 bits per heavy atom. The van der Waals surface area contributed by atoms with Crippen molar-refractivity contribution in [3.8, 4) is 0 Å². The van der Waals surface area contributed by atoms with Crippen LogP contribution in [0.25, 0.3) is 16.3 Å². The molecular weight excluding hydrogens is 326 g/mol. The highest BCUT2D eigenvalue weighted by atomic mass is 32.2. The number of benzene rings is 1. The van der Waals surface area contributed by atoms with Gasteiger partial charge in [-0.15, -0.1) is 11.8 Å². The van der Waals surface area contributed by atoms with E-state index in [-0.39, 0.29) is 5.75 Å². The number of hydrogen-bond acceptors (Lipinski definition) is 5. The number of hydrogen-bond donors (Lipinski definition) is 0. The Morgan fingerprint density at radius 3 is 2.81 bits per heavy atom. The van der Waals surface area contributed by atoms with E-state index >= 15 is 0 Å². The Hall–Kier alpha value is -0.890. The summed E-state index contributed by atoms with van der Waals surface area (Å²) >= 11 is 3.35. The largest absolute Gasteiger partial charge is 0.748 e. The zero-order chi connectivity index (χ0) is 15.5. The van der Waals surface area contributed by atoms with E-state index < -0.39 is 10.1 Å². The number of thioether (sulfide) groups is 1. The standard InChI is InChI=1S/C14H17NO3S3/c1-11(19-2)10-14-15(8-5-9-21(16,17)18)12-6-3-4-7-13(12)20-14/h3-4,6-7,10H,5,8-9H2,1-2H3/b11-10-. The van der Waals surface area contributed by atoms with Crippen molar-refractivity contribution in [1.82, 2.24) is 0 Å². The highest BCUT2D eigenvalue weighted by molar-refractivity contribution is 8.02. The first-order valence-corrected chi connectivity index (χ1v) is 10.1. The third-order valence-electron chi connectivity index (χ3n) is 3.06. The smallest absolute Gasteiger partial charge is 0.263 e. The number of allylic oxidation sites excluding steroid dienone is 1. The maximum atomic E-state index is 10.8. The van der Waals surface area contributed by atoms with Crippen LogP contribution in [0.3, 0.4) is 0 Å². The molecule has 1 aromatic heterocycles. The minimum atomic E-state index is -4.15. The van der Waals surface area contributed by atoms with Gasteiger partial charge < -0.3 is 4.55 Å². The molecule has 0 aliphatic rings. The van der Waals surface area contributed by atoms with Gasteiger partial charge in [0.25, 0.3) is 5.01 Å². The van der Waals surface area contributed by atoms with Gasteiger partial charge in [0.2, 0.25) is 5.52 Å². The molecule has 0 aliphatic carbocycles. The van der Waals surface area contributed by atoms with E-state index in [1.54, 1.807) is 23.1 Å². The Labute approximate surface area is 133 Å². The molecule has 2 rings (SSSR count). The summed E-state index contributed by atoms with van der Waals surface area (Å²) in [6.07, 6.45) is 4.45. The highest BCUT2D eigenvalue weighted by Gasteiger charge is 2.18. The molecule has 0 spiro atoms. The van der Waals surface area contributed by atoms with Crippen molar-refractivity contribution in [2.75, 3.05) is 12.0 Å². The fourth-order valence-electron chi connectivity index (χ4n) is 2.02. The van der Waals surface area contributed by atoms with Crippen LogP contribution in [0.5, 0.6) is 0 Å². The third kappa shape index (κ3) is 4.54. The molecule has 0 aliphatic heterocycles. The van der Waals surface area contributed by atoms with Gasteiger partial charge in [-0.25, -0.2) is 8.42 Å². The van der Waals surface area contributed by atoms with Crippen LogP contribution in [0.1, 0.15) is 18.4 Å². The van der Waals surface area contributed by atoms with Crippen LogP contribution in [0.15, 0.2) is 29.2 Å². The van der Waals surface area contributed by atoms with Gasteiger partial charge in [-0.3, -0.25) is 0 Å². The van der Waals surface area contributed by atoms with Crippen LogP contribution in [0.2, 0.25) is 0 Å². The molecular formula is C14H17NO3S3. The fraction of sp³-hybridized carbons (Fsp3) is 0.357. The molecule has 0 unspecified atom stereocenters. The molecule has 4 nitrogen and oxygen atoms in total. The van der Waals surface area contributed by atoms with Gasteiger partial charge >= 0.3 is 0 Å². The molecule has 1 aromatic carbocycles. The second kappa shape index (κ2) is 6.91. The zero-order valence-corrected chi connectivity index (χ0v) is 14.4. The lowest BCUT2D eigenvalue weighted by Crippen LogP contribution is -2.36. The van der Waals surface area contributed by atoms with Gasteiger partial charge in [-0.05, 0) is 24.2 Å². The Kier molecular flexibility index (Phi) is 5.43. The quantitative estimate of drug-likeness (QED) is 0.598. The SMILES string of the molecule is CS/C(C)=C\c1sc2ccccc2[n+]1CCCS(=O)(=O)[O-]. The third-order valence-corrected chi connectivity index (χ3v) is 5.72. The monoisotopic (exact) mass is 343 g/mol. The number of thiazole rings is 1. The Bertz CT molecular complexity index is 763. The van der Waals surface area contributed by atoms with Crippen LogP contribution >= 0.6 is 23.1 Å². The number of fused-ring (bicyclic) bond motifs is 1. The van der Waals surface area contributed by atoms with Gasteiger partial charge in [0.05, 0.1) is 10.1 Å². The van der Waals surface area contributed by atoms with Crippen LogP contribution in [0, 0.1) is 0 Å². The van der Waals surface area contributed by atoms with Crippen molar-refractivity contribution in [1.29, 1.82) is 0 Å². The Balaban J connectivity index is 2.36. The summed E-state index contributed by atoms with van der Waals surface area (Å²) < 4.78 is 35.5. The normalized spacial score (nSPS) is 13.0. The molecule has 114 valence electrons. The second-order valence-corrected chi connectivity index (χ2v) is 8.27. The first kappa shape index (κ1) is 16.5. The van der Waals surface area contributed by atoms with E-state index in [1.165, 1.54) is 4.91 Å². The number of nitrogens with zero attached hydrogens (tertiary/aromatic N) is 1. The molecule has 1 heterocycles. The molecule has 0 bridgehead atoms. The molecule has 0 saturated heterocycles. The van der Waals surface area contributed by atoms with E-state index in [0.717, 1.165) is 15.2 Å². The van der Waals surface area contributed by atoms with Gasteiger partial charge in [0, 0.05) is 24.3 Å². The predicted octanol–water partition coefficient (Wildman–Crippen LogP) is 2.85. The zero-order valence-electron chi connectivity index (χ0n) is 11.9. The molecule has 2 aromatic rings. The summed E-state index contributed by atoms with van der Waals surface area (Å²) in [5.74, 6) is -0.325. The summed E-state index contributed by atoms with van der Waals surface area (Å²) in [7, 11) is -4.15. The number of para-hydroxylation sites is 1. The van der Waals surface area contributed by atoms with Crippen molar-refractivity contribution in [3.63, 3.8) is 0 Å². The van der Waals surface area contributed by atoms with Crippen LogP contribution < -0.4 is 4.57 Å². The lowest BCUT2D eigenvalue weighted by Gasteiger charge is -2.04. The minimum absolute atomic E-state index is 0.325. The molecule has 0 radical (unpaired) electrons. The second-order valence-electron chi connectivity index (χ2n) is 4.63. The first-order chi connectivity index (χ1) is 9.90. The van der Waals surface area contributed by atoms with Gasteiger partial charge in [0.15, 0.2) is 6.54 Å². The predicted molar refractivity (Wildman–Crippen MR) is 88.4 cm³/mol. The molecule has 0 atom stereocenters. The molecule has 0 saturated carbocycles. The maximum absolute atomic E-state index is 10.8. The summed E-state index contributed by atoms with van der Waals surface area (Å²) in [5, 5.41) is 1.08. The summed E-state index contributed by atoms with van der Waals surface area (Å²) in [5.41, 5.74) is 1.07. The topological polar surface area (TPSA) is 61.1 Å². The van der Waals surface area contributed by atoms with Crippen molar-refractivity contribution in [3.05, 3.63) is 34.2 Å². The van der Waals surface area contributed by atoms with Crippen LogP contribution in [-0.2, 0) is 16.7 Å². The molecule has 21 heavy (non-hydrogen) atoms. The van der Waals surface area contributed by atoms with E-state index in [0.29, 0.717) is 13.0 Å². The summed E-state index contributed by atoms with van der Waals surface area (Å²) in [6.45, 7) is 2.57. The Morgan fingerprint density at radius 2 is 2.14 bits per heavy atom. The molecule has 7 heteroatoms. The van der Waals surface area contributed by atoms with Gasteiger partial charge in [-0.2, -0.15) is 4.57 Å². The highest BCUT2D eigenvalue weighted by Crippen LogP contribution is 2.24. The van der Waals surface area contributed by atoms with E-state index in [4.69, 9.17) is 0 Å². The summed E-state index contributed by atoms with van der Waals surface area (Å²) in [6, 6.07) is 8.01. The number of aryl methyl sites for hydroxylation is 1. The molecule has 0 fully saturated rings. The molecule has 0 N–H and O–H groups in total. The first-order valence-electron chi connectivity index (χ1n) is 6.48. The van der Waals surface area contributed by atoms with Gasteiger partial charge in [-0.1, -0.05) is 23.5 Å². The van der Waals surface area contributed by atoms with Crippen LogP contribution in [0.4, 0.5) is 0 Å². The van der Waals surface area contributed by atoms with E-state index in [1.807, 2.05) is 37.4 Å². The van der Waals surface area contributed by atoms with Crippen molar-refractivity contribution in [2.45, 2.75) is 19.9 Å². The average molecular weight is 343 g/mol. The maximum Gasteiger partial charge on any atom is 0.263 e. The van der Waals surface area contributed by atoms with E-state index in [9.17, 15) is 13.0 Å². The van der Waals surface area contributed by atoms with Crippen molar-refractivity contribution in [2.24, 2.45) is 0 Å². The van der Waals surface area contributed by atoms with Gasteiger partial charge in [0.1, 0.15) is 4.70 Å². The number of aromatic nitrogens is 1. The minimum Gasteiger partial charge on any atom is -0.748 e. The van der Waals surface area contributed by atoms with Crippen molar-refractivity contribution >= 4 is 49.5 Å². The number of rotatable bonds is 6. The lowest BCUT2D eigenvalue weighted by molar-refractivity contribution is -0.668. The van der Waals surface area contributed by atoms with E-state index in [2.05, 4.69) is 10.6 Å². The van der Waals surface area contributed by atoms with Crippen LogP contribution in [-0.4, -0.2) is 25.0 Å². The lowest BCUT2D eigenvalue weighted by atomic mass is 10.3. The van der Waals surface area contributed by atoms with Crippen molar-refractivity contribution < 1.29 is 17.5 Å². The average Bonchev–Trinajstić information content (AvgIpc) is 2.75. The fourth-order valence-corrected chi connectivity index (χ4v) is 4.00. The summed E-state index contributed by atoms with van der Waals surface area (Å²) in [4.78, 5) is 1.19.